The number of nitrogens with zero attached hydrogens (tertiary/aromatic N) is 3. The molecule has 0 aliphatic carbocycles. The molecule has 1 heterocycles. The van der Waals surface area contributed by atoms with Gasteiger partial charge in [-0.05, 0) is 17.7 Å². The average molecular weight is 257 g/mol. The topological polar surface area (TPSA) is 59.9 Å². The number of imidazole rings is 1. The second kappa shape index (κ2) is 5.91. The van der Waals surface area contributed by atoms with Crippen LogP contribution in [0.4, 0.5) is 0 Å². The molecule has 0 saturated carbocycles. The van der Waals surface area contributed by atoms with Crippen molar-refractivity contribution < 1.29 is 4.74 Å². The molecule has 1 aromatic heterocycles. The molecule has 0 N–H and O–H groups in total. The smallest absolute Gasteiger partial charge is 0.327 e. The van der Waals surface area contributed by atoms with E-state index >= 15 is 0 Å². The van der Waals surface area contributed by atoms with Gasteiger partial charge in [-0.15, -0.1) is 0 Å². The van der Waals surface area contributed by atoms with Gasteiger partial charge in [-0.2, -0.15) is 5.26 Å². The monoisotopic (exact) mass is 257 g/mol. The summed E-state index contributed by atoms with van der Waals surface area (Å²) in [6, 6.07) is 9.50. The lowest BCUT2D eigenvalue weighted by Crippen LogP contribution is -2.24. The Kier molecular flexibility index (Phi) is 4.04. The third kappa shape index (κ3) is 3.26. The Balaban J connectivity index is 1.87. The molecular weight excluding hydrogens is 242 g/mol. The number of rotatable bonds is 5. The molecule has 98 valence electrons. The lowest BCUT2D eigenvalue weighted by Gasteiger charge is -2.06. The van der Waals surface area contributed by atoms with Crippen LogP contribution in [0.3, 0.4) is 0 Å². The summed E-state index contributed by atoms with van der Waals surface area (Å²) in [6.07, 6.45) is 3.86. The maximum absolute atomic E-state index is 11.6. The van der Waals surface area contributed by atoms with Crippen LogP contribution in [0, 0.1) is 11.3 Å². The first kappa shape index (κ1) is 13.0. The average Bonchev–Trinajstić information content (AvgIpc) is 2.73. The summed E-state index contributed by atoms with van der Waals surface area (Å²) in [5.41, 5.74) is 0.919. The van der Waals surface area contributed by atoms with E-state index in [-0.39, 0.29) is 5.69 Å². The van der Waals surface area contributed by atoms with Gasteiger partial charge in [0.25, 0.3) is 0 Å². The van der Waals surface area contributed by atoms with Crippen LogP contribution in [-0.2, 0) is 20.0 Å². The molecule has 0 spiro atoms. The lowest BCUT2D eigenvalue weighted by atomic mass is 10.2. The van der Waals surface area contributed by atoms with Crippen molar-refractivity contribution in [1.29, 1.82) is 5.26 Å². The maximum Gasteiger partial charge on any atom is 0.327 e. The number of nitriles is 1. The number of hydrogen-bond acceptors (Lipinski definition) is 3. The second-order valence-corrected chi connectivity index (χ2v) is 4.21. The van der Waals surface area contributed by atoms with Gasteiger partial charge in [0.1, 0.15) is 12.4 Å². The van der Waals surface area contributed by atoms with E-state index in [1.165, 1.54) is 4.57 Å². The van der Waals surface area contributed by atoms with Crippen molar-refractivity contribution >= 4 is 0 Å². The quantitative estimate of drug-likeness (QED) is 0.812. The van der Waals surface area contributed by atoms with Crippen molar-refractivity contribution in [3.05, 3.63) is 52.7 Å². The zero-order valence-corrected chi connectivity index (χ0v) is 10.7. The van der Waals surface area contributed by atoms with Crippen molar-refractivity contribution in [3.8, 4) is 11.8 Å². The fraction of sp³-hybridized carbons (Fsp3) is 0.286. The van der Waals surface area contributed by atoms with Crippen molar-refractivity contribution in [2.75, 3.05) is 6.61 Å². The van der Waals surface area contributed by atoms with Gasteiger partial charge < -0.3 is 9.30 Å². The minimum atomic E-state index is -0.0482. The predicted octanol–water partition coefficient (Wildman–Crippen LogP) is 1.33. The molecule has 5 nitrogen and oxygen atoms in total. The Morgan fingerprint density at radius 2 is 2.00 bits per heavy atom. The molecular formula is C14H15N3O2. The molecule has 0 atom stereocenters. The zero-order chi connectivity index (χ0) is 13.7. The summed E-state index contributed by atoms with van der Waals surface area (Å²) in [5.74, 6) is 0.741. The van der Waals surface area contributed by atoms with Crippen LogP contribution >= 0.6 is 0 Å². The molecule has 0 amide bonds. The summed E-state index contributed by atoms with van der Waals surface area (Å²) in [5, 5.41) is 8.57. The van der Waals surface area contributed by atoms with Gasteiger partial charge in [-0.3, -0.25) is 4.57 Å². The van der Waals surface area contributed by atoms with E-state index in [1.54, 1.807) is 24.0 Å². The minimum Gasteiger partial charge on any atom is -0.492 e. The van der Waals surface area contributed by atoms with Crippen LogP contribution in [-0.4, -0.2) is 15.7 Å². The Labute approximate surface area is 111 Å². The molecule has 5 heteroatoms. The second-order valence-electron chi connectivity index (χ2n) is 4.21. The molecule has 19 heavy (non-hydrogen) atoms. The van der Waals surface area contributed by atoms with Crippen LogP contribution in [0.5, 0.6) is 5.75 Å². The van der Waals surface area contributed by atoms with E-state index in [0.29, 0.717) is 19.6 Å². The van der Waals surface area contributed by atoms with Crippen molar-refractivity contribution in [3.63, 3.8) is 0 Å². The van der Waals surface area contributed by atoms with E-state index in [9.17, 15) is 4.79 Å². The molecule has 0 aliphatic rings. The summed E-state index contributed by atoms with van der Waals surface area (Å²) in [7, 11) is 1.72. The number of aromatic nitrogens is 2. The molecule has 2 aromatic rings. The number of ether oxygens (including phenoxy) is 1. The first-order valence-corrected chi connectivity index (χ1v) is 6.01. The van der Waals surface area contributed by atoms with Crippen LogP contribution in [0.15, 0.2) is 41.5 Å². The first-order valence-electron chi connectivity index (χ1n) is 6.01. The number of benzene rings is 1. The van der Waals surface area contributed by atoms with E-state index < -0.39 is 0 Å². The van der Waals surface area contributed by atoms with Gasteiger partial charge >= 0.3 is 5.69 Å². The van der Waals surface area contributed by atoms with Gasteiger partial charge in [0.05, 0.1) is 19.0 Å². The van der Waals surface area contributed by atoms with Gasteiger partial charge in [0, 0.05) is 19.4 Å². The third-order valence-corrected chi connectivity index (χ3v) is 2.83. The molecule has 0 fully saturated rings. The van der Waals surface area contributed by atoms with E-state index in [0.717, 1.165) is 11.3 Å². The first-order chi connectivity index (χ1) is 9.20. The highest BCUT2D eigenvalue weighted by atomic mass is 16.5. The molecule has 0 aliphatic heterocycles. The van der Waals surface area contributed by atoms with E-state index in [4.69, 9.17) is 10.00 Å². The summed E-state index contributed by atoms with van der Waals surface area (Å²) in [6.45, 7) is 0.946. The summed E-state index contributed by atoms with van der Waals surface area (Å²) >= 11 is 0. The number of aryl methyl sites for hydroxylation is 1. The SMILES string of the molecule is Cn1ccn(CCOc2ccc(CC#N)cc2)c1=O. The van der Waals surface area contributed by atoms with Gasteiger partial charge in [-0.1, -0.05) is 12.1 Å². The van der Waals surface area contributed by atoms with Gasteiger partial charge in [-0.25, -0.2) is 4.79 Å². The highest BCUT2D eigenvalue weighted by Gasteiger charge is 2.00. The fourth-order valence-electron chi connectivity index (χ4n) is 1.74. The van der Waals surface area contributed by atoms with E-state index in [1.807, 2.05) is 24.3 Å². The zero-order valence-electron chi connectivity index (χ0n) is 10.7. The largest absolute Gasteiger partial charge is 0.492 e. The van der Waals surface area contributed by atoms with Crippen LogP contribution in [0.2, 0.25) is 0 Å². The van der Waals surface area contributed by atoms with Gasteiger partial charge in [0.2, 0.25) is 0 Å². The molecule has 0 unspecified atom stereocenters. The Morgan fingerprint density at radius 3 is 2.58 bits per heavy atom. The highest BCUT2D eigenvalue weighted by Crippen LogP contribution is 2.12. The Hall–Kier alpha value is -2.48. The minimum absolute atomic E-state index is 0.0482. The van der Waals surface area contributed by atoms with Crippen molar-refractivity contribution in [2.45, 2.75) is 13.0 Å². The van der Waals surface area contributed by atoms with Crippen molar-refractivity contribution in [2.24, 2.45) is 7.05 Å². The molecule has 2 rings (SSSR count). The standard InChI is InChI=1S/C14H15N3O2/c1-16-8-9-17(14(16)18)10-11-19-13-4-2-12(3-5-13)6-7-15/h2-5,8-9H,6,10-11H2,1H3. The highest BCUT2D eigenvalue weighted by molar-refractivity contribution is 5.28. The fourth-order valence-corrected chi connectivity index (χ4v) is 1.74. The summed E-state index contributed by atoms with van der Waals surface area (Å²) in [4.78, 5) is 11.6. The molecule has 0 saturated heterocycles. The van der Waals surface area contributed by atoms with Crippen LogP contribution in [0.1, 0.15) is 5.56 Å². The van der Waals surface area contributed by atoms with Crippen LogP contribution in [0.25, 0.3) is 0 Å². The molecule has 0 radical (unpaired) electrons. The Bertz CT molecular complexity index is 632. The number of hydrogen-bond donors (Lipinski definition) is 0. The molecule has 1 aromatic carbocycles. The van der Waals surface area contributed by atoms with Gasteiger partial charge in [0.15, 0.2) is 0 Å². The molecule has 0 bridgehead atoms. The summed E-state index contributed by atoms with van der Waals surface area (Å²) < 4.78 is 8.68. The van der Waals surface area contributed by atoms with Crippen molar-refractivity contribution in [1.82, 2.24) is 9.13 Å². The lowest BCUT2D eigenvalue weighted by molar-refractivity contribution is 0.296. The van der Waals surface area contributed by atoms with E-state index in [2.05, 4.69) is 6.07 Å². The third-order valence-electron chi connectivity index (χ3n) is 2.83. The maximum atomic E-state index is 11.6. The normalized spacial score (nSPS) is 10.1. The predicted molar refractivity (Wildman–Crippen MR) is 70.9 cm³/mol. The van der Waals surface area contributed by atoms with Crippen LogP contribution < -0.4 is 10.4 Å². The Morgan fingerprint density at radius 1 is 1.26 bits per heavy atom.